The minimum Gasteiger partial charge on any atom is -0.281 e. The molecule has 3 aromatic rings. The molecule has 138 valence electrons. The van der Waals surface area contributed by atoms with Crippen LogP contribution in [0, 0.1) is 6.92 Å². The lowest BCUT2D eigenvalue weighted by atomic mass is 9.91. The Bertz CT molecular complexity index is 801. The summed E-state index contributed by atoms with van der Waals surface area (Å²) in [7, 11) is 0. The van der Waals surface area contributed by atoms with Gasteiger partial charge in [-0.3, -0.25) is 9.69 Å². The summed E-state index contributed by atoms with van der Waals surface area (Å²) in [5.41, 5.74) is 4.42. The summed E-state index contributed by atoms with van der Waals surface area (Å²) in [6.45, 7) is 4.30. The summed E-state index contributed by atoms with van der Waals surface area (Å²) >= 11 is 0. The maximum atomic E-state index is 13.2. The molecule has 1 atom stereocenters. The van der Waals surface area contributed by atoms with Crippen LogP contribution in [0.3, 0.4) is 0 Å². The Labute approximate surface area is 162 Å². The normalized spacial score (nSPS) is 11.8. The van der Waals surface area contributed by atoms with Crippen molar-refractivity contribution < 1.29 is 4.79 Å². The summed E-state index contributed by atoms with van der Waals surface area (Å²) in [5.74, 6) is 0.543. The molecular formula is C25H27NO. The van der Waals surface area contributed by atoms with Crippen molar-refractivity contribution in [2.75, 3.05) is 4.90 Å². The van der Waals surface area contributed by atoms with E-state index < -0.39 is 0 Å². The van der Waals surface area contributed by atoms with Gasteiger partial charge in [-0.25, -0.2) is 0 Å². The van der Waals surface area contributed by atoms with Crippen molar-refractivity contribution in [1.29, 1.82) is 0 Å². The van der Waals surface area contributed by atoms with Crippen LogP contribution >= 0.6 is 0 Å². The number of aryl methyl sites for hydroxylation is 1. The first-order valence-electron chi connectivity index (χ1n) is 9.68. The van der Waals surface area contributed by atoms with E-state index >= 15 is 0 Å². The van der Waals surface area contributed by atoms with E-state index in [1.54, 1.807) is 0 Å². The summed E-state index contributed by atoms with van der Waals surface area (Å²) < 4.78 is 0. The smallest absolute Gasteiger partial charge is 0.231 e. The molecular weight excluding hydrogens is 330 g/mol. The average molecular weight is 357 g/mol. The minimum atomic E-state index is 0.137. The Balaban J connectivity index is 1.77. The third-order valence-corrected chi connectivity index (χ3v) is 5.03. The van der Waals surface area contributed by atoms with E-state index in [1.165, 1.54) is 11.1 Å². The first-order chi connectivity index (χ1) is 13.2. The maximum Gasteiger partial charge on any atom is 0.231 e. The summed E-state index contributed by atoms with van der Waals surface area (Å²) in [6.07, 6.45) is 2.41. The monoisotopic (exact) mass is 357 g/mol. The molecule has 0 N–H and O–H groups in total. The molecule has 0 radical (unpaired) electrons. The van der Waals surface area contributed by atoms with Crippen molar-refractivity contribution in [3.8, 4) is 0 Å². The largest absolute Gasteiger partial charge is 0.281 e. The number of para-hydroxylation sites is 2. The van der Waals surface area contributed by atoms with Crippen LogP contribution in [0.1, 0.15) is 43.2 Å². The summed E-state index contributed by atoms with van der Waals surface area (Å²) in [6, 6.07) is 28.5. The highest BCUT2D eigenvalue weighted by molar-refractivity contribution is 6.00. The van der Waals surface area contributed by atoms with Crippen LogP contribution in [-0.2, 0) is 4.79 Å². The molecule has 0 bridgehead atoms. The highest BCUT2D eigenvalue weighted by atomic mass is 16.2. The predicted octanol–water partition coefficient (Wildman–Crippen LogP) is 6.63. The van der Waals surface area contributed by atoms with Crippen LogP contribution < -0.4 is 4.90 Å². The molecule has 3 aromatic carbocycles. The highest BCUT2D eigenvalue weighted by Gasteiger charge is 2.19. The van der Waals surface area contributed by atoms with Crippen LogP contribution in [0.4, 0.5) is 11.4 Å². The Morgan fingerprint density at radius 3 is 1.81 bits per heavy atom. The number of hydrogen-bond acceptors (Lipinski definition) is 1. The highest BCUT2D eigenvalue weighted by Crippen LogP contribution is 2.29. The lowest BCUT2D eigenvalue weighted by Gasteiger charge is -2.24. The lowest BCUT2D eigenvalue weighted by molar-refractivity contribution is -0.118. The van der Waals surface area contributed by atoms with Crippen molar-refractivity contribution in [2.24, 2.45) is 0 Å². The van der Waals surface area contributed by atoms with Gasteiger partial charge < -0.3 is 0 Å². The number of rotatable bonds is 7. The Morgan fingerprint density at radius 1 is 0.815 bits per heavy atom. The molecule has 0 aliphatic carbocycles. The van der Waals surface area contributed by atoms with Gasteiger partial charge in [0, 0.05) is 17.8 Å². The second kappa shape index (κ2) is 9.18. The van der Waals surface area contributed by atoms with Crippen molar-refractivity contribution >= 4 is 17.3 Å². The first-order valence-corrected chi connectivity index (χ1v) is 9.68. The molecule has 2 heteroatoms. The van der Waals surface area contributed by atoms with Crippen LogP contribution in [0.5, 0.6) is 0 Å². The Hall–Kier alpha value is -2.87. The number of carbonyl (C=O) groups is 1. The molecule has 2 nitrogen and oxygen atoms in total. The fourth-order valence-electron chi connectivity index (χ4n) is 3.45. The van der Waals surface area contributed by atoms with Gasteiger partial charge in [-0.1, -0.05) is 73.2 Å². The van der Waals surface area contributed by atoms with Gasteiger partial charge in [-0.15, -0.1) is 0 Å². The number of anilines is 2. The zero-order valence-corrected chi connectivity index (χ0v) is 16.1. The molecule has 3 rings (SSSR count). The van der Waals surface area contributed by atoms with Crippen LogP contribution in [0.25, 0.3) is 0 Å². The lowest BCUT2D eigenvalue weighted by Crippen LogP contribution is -2.26. The number of nitrogens with zero attached hydrogens (tertiary/aromatic N) is 1. The minimum absolute atomic E-state index is 0.137. The van der Waals surface area contributed by atoms with Gasteiger partial charge in [0.05, 0.1) is 0 Å². The molecule has 1 amide bonds. The molecule has 0 heterocycles. The summed E-state index contributed by atoms with van der Waals surface area (Å²) in [4.78, 5) is 15.0. The maximum absolute atomic E-state index is 13.2. The van der Waals surface area contributed by atoms with Gasteiger partial charge in [0.25, 0.3) is 0 Å². The number of amides is 1. The average Bonchev–Trinajstić information content (AvgIpc) is 2.71. The molecule has 27 heavy (non-hydrogen) atoms. The van der Waals surface area contributed by atoms with Gasteiger partial charge in [-0.2, -0.15) is 0 Å². The number of hydrogen-bond donors (Lipinski definition) is 0. The van der Waals surface area contributed by atoms with E-state index in [0.717, 1.165) is 24.2 Å². The van der Waals surface area contributed by atoms with Crippen LogP contribution in [0.2, 0.25) is 0 Å². The molecule has 0 aromatic heterocycles. The molecule has 0 spiro atoms. The second-order valence-electron chi connectivity index (χ2n) is 6.95. The second-order valence-corrected chi connectivity index (χ2v) is 6.95. The number of carbonyl (C=O) groups excluding carboxylic acids is 1. The predicted molar refractivity (Wildman–Crippen MR) is 113 cm³/mol. The molecule has 0 fully saturated rings. The van der Waals surface area contributed by atoms with E-state index in [2.05, 4.69) is 38.1 Å². The summed E-state index contributed by atoms with van der Waals surface area (Å²) in [5, 5.41) is 0. The van der Waals surface area contributed by atoms with E-state index in [-0.39, 0.29) is 5.91 Å². The van der Waals surface area contributed by atoms with Crippen LogP contribution in [-0.4, -0.2) is 5.91 Å². The zero-order valence-electron chi connectivity index (χ0n) is 16.1. The van der Waals surface area contributed by atoms with Crippen molar-refractivity contribution in [1.82, 2.24) is 0 Å². The fraction of sp³-hybridized carbons (Fsp3) is 0.240. The van der Waals surface area contributed by atoms with Gasteiger partial charge in [0.15, 0.2) is 0 Å². The SMILES string of the molecule is CC[C@@H](CCC(=O)N(c1ccccc1)c1ccccc1)c1ccc(C)cc1. The third-order valence-electron chi connectivity index (χ3n) is 5.03. The van der Waals surface area contributed by atoms with E-state index in [1.807, 2.05) is 65.6 Å². The first kappa shape index (κ1) is 18.9. The van der Waals surface area contributed by atoms with Crippen LogP contribution in [0.15, 0.2) is 84.9 Å². The Morgan fingerprint density at radius 2 is 1.33 bits per heavy atom. The zero-order chi connectivity index (χ0) is 19.1. The molecule has 0 saturated heterocycles. The standard InChI is InChI=1S/C25H27NO/c1-3-21(22-16-14-20(2)15-17-22)18-19-25(27)26(23-10-6-4-7-11-23)24-12-8-5-9-13-24/h4-17,21H,3,18-19H2,1-2H3/t21-/m0/s1. The molecule has 0 saturated carbocycles. The van der Waals surface area contributed by atoms with Crippen molar-refractivity contribution in [3.63, 3.8) is 0 Å². The quantitative estimate of drug-likeness (QED) is 0.464. The number of benzene rings is 3. The fourth-order valence-corrected chi connectivity index (χ4v) is 3.45. The van der Waals surface area contributed by atoms with Gasteiger partial charge in [0.2, 0.25) is 5.91 Å². The molecule has 0 aliphatic heterocycles. The van der Waals surface area contributed by atoms with Gasteiger partial charge in [0.1, 0.15) is 0 Å². The Kier molecular flexibility index (Phi) is 6.43. The van der Waals surface area contributed by atoms with Crippen molar-refractivity contribution in [3.05, 3.63) is 96.1 Å². The van der Waals surface area contributed by atoms with Crippen molar-refractivity contribution in [2.45, 2.75) is 39.0 Å². The third kappa shape index (κ3) is 4.85. The molecule has 0 aliphatic rings. The topological polar surface area (TPSA) is 20.3 Å². The van der Waals surface area contributed by atoms with E-state index in [4.69, 9.17) is 0 Å². The van der Waals surface area contributed by atoms with E-state index in [0.29, 0.717) is 12.3 Å². The van der Waals surface area contributed by atoms with Gasteiger partial charge >= 0.3 is 0 Å². The van der Waals surface area contributed by atoms with E-state index in [9.17, 15) is 4.79 Å². The molecule has 0 unspecified atom stereocenters. The van der Waals surface area contributed by atoms with Gasteiger partial charge in [-0.05, 0) is 55.5 Å².